The fraction of sp³-hybridized carbons (Fsp3) is 0.267. The molecule has 0 unspecified atom stereocenters. The molecule has 0 amide bonds. The smallest absolute Gasteiger partial charge is 0.146 e. The molecule has 0 bridgehead atoms. The van der Waals surface area contributed by atoms with Crippen LogP contribution in [0.2, 0.25) is 0 Å². The molecular weight excluding hydrogens is 252 g/mol. The van der Waals surface area contributed by atoms with Crippen LogP contribution in [0.4, 0.5) is 5.82 Å². The fourth-order valence-corrected chi connectivity index (χ4v) is 1.97. The fourth-order valence-electron chi connectivity index (χ4n) is 1.97. The lowest BCUT2D eigenvalue weighted by Gasteiger charge is -2.24. The van der Waals surface area contributed by atoms with E-state index in [4.69, 9.17) is 5.11 Å². The zero-order valence-corrected chi connectivity index (χ0v) is 11.1. The van der Waals surface area contributed by atoms with Gasteiger partial charge in [0.2, 0.25) is 0 Å². The van der Waals surface area contributed by atoms with E-state index >= 15 is 0 Å². The molecule has 0 saturated heterocycles. The molecular formula is C15H16N4O. The Hall–Kier alpha value is -2.45. The van der Waals surface area contributed by atoms with Gasteiger partial charge in [0, 0.05) is 38.3 Å². The van der Waals surface area contributed by atoms with Gasteiger partial charge in [-0.2, -0.15) is 5.26 Å². The van der Waals surface area contributed by atoms with Gasteiger partial charge in [-0.1, -0.05) is 6.07 Å². The van der Waals surface area contributed by atoms with Gasteiger partial charge in [-0.25, -0.2) is 4.98 Å². The molecule has 5 heteroatoms. The molecule has 2 rings (SSSR count). The first-order valence-corrected chi connectivity index (χ1v) is 6.45. The summed E-state index contributed by atoms with van der Waals surface area (Å²) in [6.07, 6.45) is 5.82. The predicted molar refractivity (Wildman–Crippen MR) is 75.9 cm³/mol. The summed E-state index contributed by atoms with van der Waals surface area (Å²) in [6, 6.07) is 9.51. The Morgan fingerprint density at radius 3 is 2.80 bits per heavy atom. The van der Waals surface area contributed by atoms with Crippen molar-refractivity contribution >= 4 is 5.82 Å². The number of rotatable bonds is 6. The number of hydrogen-bond acceptors (Lipinski definition) is 5. The Bertz CT molecular complexity index is 580. The topological polar surface area (TPSA) is 73.0 Å². The SMILES string of the molecule is N#Cc1cccnc1N(CCCO)Cc1cccnc1. The minimum Gasteiger partial charge on any atom is -0.396 e. The summed E-state index contributed by atoms with van der Waals surface area (Å²) >= 11 is 0. The van der Waals surface area contributed by atoms with Crippen molar-refractivity contribution < 1.29 is 5.11 Å². The molecule has 0 atom stereocenters. The summed E-state index contributed by atoms with van der Waals surface area (Å²) in [5, 5.41) is 18.2. The molecule has 0 aliphatic heterocycles. The summed E-state index contributed by atoms with van der Waals surface area (Å²) in [7, 11) is 0. The largest absolute Gasteiger partial charge is 0.396 e. The highest BCUT2D eigenvalue weighted by Crippen LogP contribution is 2.19. The number of aliphatic hydroxyl groups is 1. The Kier molecular flexibility index (Phi) is 5.04. The van der Waals surface area contributed by atoms with Crippen LogP contribution < -0.4 is 4.90 Å². The van der Waals surface area contributed by atoms with Crippen molar-refractivity contribution in [2.45, 2.75) is 13.0 Å². The minimum absolute atomic E-state index is 0.109. The summed E-state index contributed by atoms with van der Waals surface area (Å²) in [5.41, 5.74) is 1.58. The van der Waals surface area contributed by atoms with Gasteiger partial charge in [-0.15, -0.1) is 0 Å². The van der Waals surface area contributed by atoms with Crippen molar-refractivity contribution in [2.75, 3.05) is 18.1 Å². The van der Waals surface area contributed by atoms with E-state index < -0.39 is 0 Å². The molecule has 0 aliphatic carbocycles. The van der Waals surface area contributed by atoms with Gasteiger partial charge in [-0.3, -0.25) is 4.98 Å². The number of hydrogen-bond donors (Lipinski definition) is 1. The van der Waals surface area contributed by atoms with Crippen LogP contribution in [0, 0.1) is 11.3 Å². The first kappa shape index (κ1) is 14.0. The van der Waals surface area contributed by atoms with Crippen LogP contribution in [0.25, 0.3) is 0 Å². The molecule has 1 N–H and O–H groups in total. The average molecular weight is 268 g/mol. The molecule has 5 nitrogen and oxygen atoms in total. The predicted octanol–water partition coefficient (Wildman–Crippen LogP) is 1.74. The second-order valence-corrected chi connectivity index (χ2v) is 4.35. The zero-order chi connectivity index (χ0) is 14.2. The van der Waals surface area contributed by atoms with Crippen molar-refractivity contribution in [3.05, 3.63) is 54.0 Å². The van der Waals surface area contributed by atoms with Crippen molar-refractivity contribution in [3.8, 4) is 6.07 Å². The van der Waals surface area contributed by atoms with Gasteiger partial charge in [0.15, 0.2) is 0 Å². The molecule has 2 aromatic rings. The van der Waals surface area contributed by atoms with Crippen LogP contribution in [0.15, 0.2) is 42.9 Å². The Balaban J connectivity index is 2.25. The quantitative estimate of drug-likeness (QED) is 0.863. The minimum atomic E-state index is 0.109. The molecule has 102 valence electrons. The van der Waals surface area contributed by atoms with Gasteiger partial charge in [0.1, 0.15) is 11.9 Å². The van der Waals surface area contributed by atoms with E-state index in [1.54, 1.807) is 30.7 Å². The van der Waals surface area contributed by atoms with Crippen LogP contribution in [0.5, 0.6) is 0 Å². The molecule has 2 heterocycles. The molecule has 0 aliphatic rings. The first-order chi connectivity index (χ1) is 9.85. The summed E-state index contributed by atoms with van der Waals surface area (Å²) in [4.78, 5) is 10.4. The lowest BCUT2D eigenvalue weighted by Crippen LogP contribution is -2.26. The van der Waals surface area contributed by atoms with E-state index in [0.29, 0.717) is 30.9 Å². The van der Waals surface area contributed by atoms with Gasteiger partial charge in [-0.05, 0) is 30.2 Å². The lowest BCUT2D eigenvalue weighted by molar-refractivity contribution is 0.289. The highest BCUT2D eigenvalue weighted by Gasteiger charge is 2.12. The molecule has 0 radical (unpaired) electrons. The normalized spacial score (nSPS) is 10.0. The molecule has 20 heavy (non-hydrogen) atoms. The third-order valence-electron chi connectivity index (χ3n) is 2.89. The Morgan fingerprint density at radius 2 is 2.10 bits per heavy atom. The number of nitriles is 1. The van der Waals surface area contributed by atoms with E-state index in [2.05, 4.69) is 16.0 Å². The van der Waals surface area contributed by atoms with Crippen LogP contribution in [-0.2, 0) is 6.54 Å². The van der Waals surface area contributed by atoms with Crippen molar-refractivity contribution in [3.63, 3.8) is 0 Å². The van der Waals surface area contributed by atoms with Crippen molar-refractivity contribution in [1.29, 1.82) is 5.26 Å². The number of aliphatic hydroxyl groups excluding tert-OH is 1. The summed E-state index contributed by atoms with van der Waals surface area (Å²) in [6.45, 7) is 1.36. The Labute approximate surface area is 118 Å². The van der Waals surface area contributed by atoms with E-state index in [-0.39, 0.29) is 6.61 Å². The molecule has 2 aromatic heterocycles. The third-order valence-corrected chi connectivity index (χ3v) is 2.89. The van der Waals surface area contributed by atoms with E-state index in [1.807, 2.05) is 17.0 Å². The van der Waals surface area contributed by atoms with Crippen LogP contribution >= 0.6 is 0 Å². The number of nitrogens with zero attached hydrogens (tertiary/aromatic N) is 4. The zero-order valence-electron chi connectivity index (χ0n) is 11.1. The maximum Gasteiger partial charge on any atom is 0.146 e. The Morgan fingerprint density at radius 1 is 1.25 bits per heavy atom. The maximum absolute atomic E-state index is 9.18. The van der Waals surface area contributed by atoms with Crippen LogP contribution in [-0.4, -0.2) is 28.2 Å². The van der Waals surface area contributed by atoms with Crippen LogP contribution in [0.1, 0.15) is 17.5 Å². The van der Waals surface area contributed by atoms with Gasteiger partial charge >= 0.3 is 0 Å². The molecule has 0 aromatic carbocycles. The van der Waals surface area contributed by atoms with Crippen LogP contribution in [0.3, 0.4) is 0 Å². The molecule has 0 fully saturated rings. The van der Waals surface area contributed by atoms with E-state index in [9.17, 15) is 5.26 Å². The number of anilines is 1. The number of aromatic nitrogens is 2. The van der Waals surface area contributed by atoms with Gasteiger partial charge in [0.05, 0.1) is 5.56 Å². The standard InChI is InChI=1S/C15H16N4O/c16-10-14-5-2-7-18-15(14)19(8-3-9-20)12-13-4-1-6-17-11-13/h1-2,4-7,11,20H,3,8-9,12H2. The van der Waals surface area contributed by atoms with E-state index in [1.165, 1.54) is 0 Å². The highest BCUT2D eigenvalue weighted by atomic mass is 16.3. The number of pyridine rings is 2. The third kappa shape index (κ3) is 3.53. The van der Waals surface area contributed by atoms with E-state index in [0.717, 1.165) is 5.56 Å². The van der Waals surface area contributed by atoms with Gasteiger partial charge < -0.3 is 10.0 Å². The molecule has 0 spiro atoms. The highest BCUT2D eigenvalue weighted by molar-refractivity contribution is 5.53. The lowest BCUT2D eigenvalue weighted by atomic mass is 10.2. The average Bonchev–Trinajstić information content (AvgIpc) is 2.52. The molecule has 0 saturated carbocycles. The monoisotopic (exact) mass is 268 g/mol. The first-order valence-electron chi connectivity index (χ1n) is 6.45. The summed E-state index contributed by atoms with van der Waals surface area (Å²) in [5.74, 6) is 0.646. The maximum atomic E-state index is 9.18. The second kappa shape index (κ2) is 7.22. The van der Waals surface area contributed by atoms with Crippen molar-refractivity contribution in [2.24, 2.45) is 0 Å². The summed E-state index contributed by atoms with van der Waals surface area (Å²) < 4.78 is 0. The van der Waals surface area contributed by atoms with Gasteiger partial charge in [0.25, 0.3) is 0 Å². The second-order valence-electron chi connectivity index (χ2n) is 4.35. The van der Waals surface area contributed by atoms with Crippen molar-refractivity contribution in [1.82, 2.24) is 9.97 Å².